The Kier molecular flexibility index (Phi) is 5.13. The first-order valence-electron chi connectivity index (χ1n) is 7.38. The largest absolute Gasteiger partial charge is 0.369 e. The predicted molar refractivity (Wildman–Crippen MR) is 82.3 cm³/mol. The summed E-state index contributed by atoms with van der Waals surface area (Å²) in [6.07, 6.45) is -0.678. The van der Waals surface area contributed by atoms with Crippen LogP contribution in [0.2, 0.25) is 0 Å². The van der Waals surface area contributed by atoms with Crippen LogP contribution in [0.1, 0.15) is 27.9 Å². The Morgan fingerprint density at radius 2 is 1.95 bits per heavy atom. The second kappa shape index (κ2) is 6.87. The number of aryl methyl sites for hydroxylation is 2. The molecule has 1 aromatic carbocycles. The molecule has 0 spiro atoms. The average Bonchev–Trinajstić information content (AvgIpc) is 2.74. The molecule has 1 fully saturated rings. The normalized spacial score (nSPS) is 21.8. The van der Waals surface area contributed by atoms with Gasteiger partial charge in [0.1, 0.15) is 6.17 Å². The summed E-state index contributed by atoms with van der Waals surface area (Å²) in [4.78, 5) is 24.9. The number of carbonyl (C=O) groups is 2. The summed E-state index contributed by atoms with van der Waals surface area (Å²) in [5, 5.41) is 2.82. The number of alkyl halides is 1. The second-order valence-electron chi connectivity index (χ2n) is 5.97. The first-order chi connectivity index (χ1) is 10.3. The highest BCUT2D eigenvalue weighted by atomic mass is 19.1. The monoisotopic (exact) mass is 307 g/mol. The van der Waals surface area contributed by atoms with E-state index in [-0.39, 0.29) is 25.0 Å². The molecule has 0 aromatic heterocycles. The van der Waals surface area contributed by atoms with Crippen molar-refractivity contribution >= 4 is 11.8 Å². The minimum absolute atomic E-state index is 0.0184. The van der Waals surface area contributed by atoms with Gasteiger partial charge < -0.3 is 11.1 Å². The Bertz CT molecular complexity index is 556. The first kappa shape index (κ1) is 16.4. The minimum Gasteiger partial charge on any atom is -0.369 e. The van der Waals surface area contributed by atoms with Gasteiger partial charge in [0.25, 0.3) is 5.91 Å². The smallest absolute Gasteiger partial charge is 0.251 e. The van der Waals surface area contributed by atoms with Crippen molar-refractivity contribution in [1.82, 2.24) is 10.2 Å². The van der Waals surface area contributed by atoms with Crippen LogP contribution in [0.25, 0.3) is 0 Å². The van der Waals surface area contributed by atoms with Crippen LogP contribution in [0.5, 0.6) is 0 Å². The highest BCUT2D eigenvalue weighted by Crippen LogP contribution is 2.19. The van der Waals surface area contributed by atoms with Gasteiger partial charge in [-0.25, -0.2) is 4.39 Å². The molecule has 1 heterocycles. The lowest BCUT2D eigenvalue weighted by Gasteiger charge is -2.22. The summed E-state index contributed by atoms with van der Waals surface area (Å²) in [6, 6.07) is 5.43. The van der Waals surface area contributed by atoms with Gasteiger partial charge >= 0.3 is 0 Å². The van der Waals surface area contributed by atoms with Gasteiger partial charge in [0.15, 0.2) is 0 Å². The van der Waals surface area contributed by atoms with Crippen molar-refractivity contribution in [2.24, 2.45) is 5.73 Å². The molecule has 0 radical (unpaired) electrons. The van der Waals surface area contributed by atoms with Crippen molar-refractivity contribution in [2.45, 2.75) is 32.5 Å². The number of hydrogen-bond acceptors (Lipinski definition) is 3. The van der Waals surface area contributed by atoms with Crippen LogP contribution >= 0.6 is 0 Å². The van der Waals surface area contributed by atoms with Crippen LogP contribution in [0.4, 0.5) is 4.39 Å². The van der Waals surface area contributed by atoms with E-state index >= 15 is 0 Å². The molecule has 22 heavy (non-hydrogen) atoms. The molecule has 3 N–H and O–H groups in total. The average molecular weight is 307 g/mol. The molecule has 1 saturated heterocycles. The molecule has 0 aliphatic carbocycles. The zero-order chi connectivity index (χ0) is 16.3. The van der Waals surface area contributed by atoms with Crippen molar-refractivity contribution in [2.75, 3.05) is 19.6 Å². The third-order valence-corrected chi connectivity index (χ3v) is 3.82. The molecule has 1 aliphatic heterocycles. The zero-order valence-electron chi connectivity index (χ0n) is 12.9. The lowest BCUT2D eigenvalue weighted by Crippen LogP contribution is -2.43. The van der Waals surface area contributed by atoms with Crippen molar-refractivity contribution in [3.63, 3.8) is 0 Å². The second-order valence-corrected chi connectivity index (χ2v) is 5.97. The third-order valence-electron chi connectivity index (χ3n) is 3.82. The number of halogens is 1. The highest BCUT2D eigenvalue weighted by Gasteiger charge is 2.32. The van der Waals surface area contributed by atoms with Crippen LogP contribution in [-0.4, -0.2) is 48.6 Å². The van der Waals surface area contributed by atoms with Crippen LogP contribution in [0.15, 0.2) is 18.2 Å². The van der Waals surface area contributed by atoms with Crippen molar-refractivity contribution < 1.29 is 14.0 Å². The van der Waals surface area contributed by atoms with Gasteiger partial charge in [-0.3, -0.25) is 14.5 Å². The number of hydrogen-bond donors (Lipinski definition) is 2. The van der Waals surface area contributed by atoms with Crippen molar-refractivity contribution in [3.05, 3.63) is 34.9 Å². The fraction of sp³-hybridized carbons (Fsp3) is 0.500. The van der Waals surface area contributed by atoms with Gasteiger partial charge in [0.05, 0.1) is 6.54 Å². The summed E-state index contributed by atoms with van der Waals surface area (Å²) in [6.45, 7) is 4.38. The molecular formula is C16H22FN3O2. The van der Waals surface area contributed by atoms with E-state index in [0.29, 0.717) is 18.5 Å². The molecule has 1 aromatic rings. The maximum absolute atomic E-state index is 13.5. The van der Waals surface area contributed by atoms with E-state index in [4.69, 9.17) is 5.73 Å². The summed E-state index contributed by atoms with van der Waals surface area (Å²) in [5.41, 5.74) is 7.80. The SMILES string of the molecule is Cc1cc(C)cc(C(=O)NC[C@@H]2C[C@H](F)CN2CC(N)=O)c1. The van der Waals surface area contributed by atoms with Crippen molar-refractivity contribution in [1.29, 1.82) is 0 Å². The van der Waals surface area contributed by atoms with Gasteiger partial charge in [-0.05, 0) is 32.4 Å². The van der Waals surface area contributed by atoms with E-state index in [1.54, 1.807) is 4.90 Å². The van der Waals surface area contributed by atoms with E-state index in [0.717, 1.165) is 11.1 Å². The molecule has 0 unspecified atom stereocenters. The van der Waals surface area contributed by atoms with Gasteiger partial charge in [0.2, 0.25) is 5.91 Å². The fourth-order valence-electron chi connectivity index (χ4n) is 2.95. The molecule has 5 nitrogen and oxygen atoms in total. The Labute approximate surface area is 129 Å². The van der Waals surface area contributed by atoms with Crippen LogP contribution in [0, 0.1) is 13.8 Å². The number of nitrogens with one attached hydrogen (secondary N) is 1. The number of likely N-dealkylation sites (tertiary alicyclic amines) is 1. The van der Waals surface area contributed by atoms with Gasteiger partial charge in [-0.15, -0.1) is 0 Å². The van der Waals surface area contributed by atoms with Gasteiger partial charge in [-0.1, -0.05) is 17.2 Å². The maximum atomic E-state index is 13.5. The molecule has 120 valence electrons. The first-order valence-corrected chi connectivity index (χ1v) is 7.38. The number of nitrogens with zero attached hydrogens (tertiary/aromatic N) is 1. The maximum Gasteiger partial charge on any atom is 0.251 e. The summed E-state index contributed by atoms with van der Waals surface area (Å²) in [7, 11) is 0. The topological polar surface area (TPSA) is 75.4 Å². The molecule has 2 amide bonds. The number of nitrogens with two attached hydrogens (primary N) is 1. The Morgan fingerprint density at radius 1 is 1.32 bits per heavy atom. The third kappa shape index (κ3) is 4.27. The van der Waals surface area contributed by atoms with E-state index in [2.05, 4.69) is 5.32 Å². The number of amides is 2. The standard InChI is InChI=1S/C16H22FN3O2/c1-10-3-11(2)5-12(4-10)16(22)19-7-14-6-13(17)8-20(14)9-15(18)21/h3-5,13-14H,6-9H2,1-2H3,(H2,18,21)(H,19,22)/t13-,14-/m0/s1. The quantitative estimate of drug-likeness (QED) is 0.850. The molecular weight excluding hydrogens is 285 g/mol. The van der Waals surface area contributed by atoms with E-state index in [9.17, 15) is 14.0 Å². The molecule has 1 aliphatic rings. The molecule has 0 bridgehead atoms. The van der Waals surface area contributed by atoms with Crippen molar-refractivity contribution in [3.8, 4) is 0 Å². The van der Waals surface area contributed by atoms with Crippen LogP contribution in [0.3, 0.4) is 0 Å². The lowest BCUT2D eigenvalue weighted by molar-refractivity contribution is -0.119. The number of rotatable bonds is 5. The molecule has 0 saturated carbocycles. The summed E-state index contributed by atoms with van der Waals surface area (Å²) in [5.74, 6) is -0.673. The molecule has 2 atom stereocenters. The molecule has 6 heteroatoms. The lowest BCUT2D eigenvalue weighted by atomic mass is 10.1. The predicted octanol–water partition coefficient (Wildman–Crippen LogP) is 0.931. The Morgan fingerprint density at radius 3 is 2.55 bits per heavy atom. The molecule has 2 rings (SSSR count). The fourth-order valence-corrected chi connectivity index (χ4v) is 2.95. The number of benzene rings is 1. The summed E-state index contributed by atoms with van der Waals surface area (Å²) < 4.78 is 13.5. The Balaban J connectivity index is 1.96. The van der Waals surface area contributed by atoms with E-state index in [1.807, 2.05) is 32.0 Å². The van der Waals surface area contributed by atoms with Crippen LogP contribution < -0.4 is 11.1 Å². The Hall–Kier alpha value is -1.95. The zero-order valence-corrected chi connectivity index (χ0v) is 12.9. The minimum atomic E-state index is -0.984. The van der Waals surface area contributed by atoms with Gasteiger partial charge in [-0.2, -0.15) is 0 Å². The van der Waals surface area contributed by atoms with Gasteiger partial charge in [0, 0.05) is 24.7 Å². The summed E-state index contributed by atoms with van der Waals surface area (Å²) >= 11 is 0. The van der Waals surface area contributed by atoms with E-state index < -0.39 is 12.1 Å². The van der Waals surface area contributed by atoms with E-state index in [1.165, 1.54) is 0 Å². The van der Waals surface area contributed by atoms with Crippen LogP contribution in [-0.2, 0) is 4.79 Å². The number of carbonyl (C=O) groups excluding carboxylic acids is 2. The highest BCUT2D eigenvalue weighted by molar-refractivity contribution is 5.94. The number of primary amides is 1.